The van der Waals surface area contributed by atoms with Crippen LogP contribution in [-0.4, -0.2) is 29.9 Å². The fourth-order valence-electron chi connectivity index (χ4n) is 2.08. The molecule has 0 N–H and O–H groups in total. The fraction of sp³-hybridized carbons (Fsp3) is 0.143. The number of hydrogen-bond acceptors (Lipinski definition) is 8. The molecule has 0 radical (unpaired) electrons. The van der Waals surface area contributed by atoms with Crippen molar-refractivity contribution >= 4 is 32.3 Å². The van der Waals surface area contributed by atoms with Gasteiger partial charge in [0.05, 0.1) is 11.4 Å². The summed E-state index contributed by atoms with van der Waals surface area (Å²) in [5.41, 5.74) is 3.37. The molecule has 0 saturated heterocycles. The molecule has 4 aromatic heterocycles. The Kier molecular flexibility index (Phi) is 3.12. The third kappa shape index (κ3) is 2.16. The zero-order valence-electron chi connectivity index (χ0n) is 11.8. The molecule has 4 rings (SSSR count). The van der Waals surface area contributed by atoms with E-state index in [2.05, 4.69) is 29.9 Å². The molecule has 0 unspecified atom stereocenters. The highest BCUT2D eigenvalue weighted by molar-refractivity contribution is 7.29. The van der Waals surface area contributed by atoms with E-state index < -0.39 is 0 Å². The highest BCUT2D eigenvalue weighted by atomic mass is 32.1. The zero-order valence-corrected chi connectivity index (χ0v) is 13.4. The standard InChI is InChI=1S/C14H10N6S2/c1-7-9(17-5-3-15-7)11-19-13-14(21-11)20-12(22-13)10-8(2)16-4-6-18-10/h3-6H,1-2H3. The first kappa shape index (κ1) is 13.4. The molecule has 6 nitrogen and oxygen atoms in total. The maximum absolute atomic E-state index is 4.64. The number of nitrogens with zero attached hydrogens (tertiary/aromatic N) is 6. The molecule has 0 aliphatic carbocycles. The van der Waals surface area contributed by atoms with Crippen LogP contribution in [0.25, 0.3) is 31.1 Å². The van der Waals surface area contributed by atoms with Gasteiger partial charge in [-0.2, -0.15) is 0 Å². The minimum atomic E-state index is 0.815. The molecule has 0 aromatic carbocycles. The summed E-state index contributed by atoms with van der Waals surface area (Å²) in [7, 11) is 0. The first-order valence-electron chi connectivity index (χ1n) is 6.55. The van der Waals surface area contributed by atoms with Crippen molar-refractivity contribution in [3.63, 3.8) is 0 Å². The highest BCUT2D eigenvalue weighted by Gasteiger charge is 2.16. The van der Waals surface area contributed by atoms with E-state index in [4.69, 9.17) is 0 Å². The molecule has 0 aliphatic heterocycles. The Morgan fingerprint density at radius 1 is 0.636 bits per heavy atom. The Hall–Kier alpha value is -2.32. The lowest BCUT2D eigenvalue weighted by molar-refractivity contribution is 1.12. The van der Waals surface area contributed by atoms with Gasteiger partial charge in [-0.3, -0.25) is 19.9 Å². The number of rotatable bonds is 2. The molecule has 8 heteroatoms. The van der Waals surface area contributed by atoms with Gasteiger partial charge in [0.2, 0.25) is 0 Å². The molecular formula is C14H10N6S2. The van der Waals surface area contributed by atoms with E-state index in [1.165, 1.54) is 22.7 Å². The summed E-state index contributed by atoms with van der Waals surface area (Å²) in [6, 6.07) is 0. The smallest absolute Gasteiger partial charge is 0.156 e. The molecule has 4 heterocycles. The molecule has 0 atom stereocenters. The monoisotopic (exact) mass is 326 g/mol. The van der Waals surface area contributed by atoms with E-state index in [9.17, 15) is 0 Å². The average molecular weight is 326 g/mol. The van der Waals surface area contributed by atoms with Crippen molar-refractivity contribution in [2.75, 3.05) is 0 Å². The summed E-state index contributed by atoms with van der Waals surface area (Å²) in [4.78, 5) is 28.3. The first-order chi connectivity index (χ1) is 10.7. The lowest BCUT2D eigenvalue weighted by Gasteiger charge is -1.98. The van der Waals surface area contributed by atoms with Gasteiger partial charge in [0.15, 0.2) is 9.66 Å². The van der Waals surface area contributed by atoms with Crippen molar-refractivity contribution in [1.82, 2.24) is 29.9 Å². The second kappa shape index (κ2) is 5.15. The predicted octanol–water partition coefficient (Wildman–Crippen LogP) is 3.28. The quantitative estimate of drug-likeness (QED) is 0.562. The SMILES string of the molecule is Cc1nccnc1-c1nc2sc(-c3nccnc3C)nc2s1. The molecule has 4 aromatic rings. The molecule has 0 spiro atoms. The van der Waals surface area contributed by atoms with E-state index in [0.717, 1.165) is 42.5 Å². The van der Waals surface area contributed by atoms with Gasteiger partial charge >= 0.3 is 0 Å². The van der Waals surface area contributed by atoms with Crippen LogP contribution in [-0.2, 0) is 0 Å². The second-order valence-corrected chi connectivity index (χ2v) is 6.58. The minimum absolute atomic E-state index is 0.815. The van der Waals surface area contributed by atoms with Gasteiger partial charge in [0.25, 0.3) is 0 Å². The number of aromatic nitrogens is 6. The molecule has 0 amide bonds. The summed E-state index contributed by atoms with van der Waals surface area (Å²) in [5, 5.41) is 1.70. The van der Waals surface area contributed by atoms with Crippen LogP contribution in [0, 0.1) is 13.8 Å². The summed E-state index contributed by atoms with van der Waals surface area (Å²) < 4.78 is 0. The van der Waals surface area contributed by atoms with Gasteiger partial charge in [-0.1, -0.05) is 22.7 Å². The Balaban J connectivity index is 1.81. The number of hydrogen-bond donors (Lipinski definition) is 0. The second-order valence-electron chi connectivity index (χ2n) is 4.63. The van der Waals surface area contributed by atoms with Crippen molar-refractivity contribution in [3.8, 4) is 21.4 Å². The maximum atomic E-state index is 4.64. The van der Waals surface area contributed by atoms with E-state index in [1.54, 1.807) is 24.8 Å². The number of fused-ring (bicyclic) bond motifs is 1. The summed E-state index contributed by atoms with van der Waals surface area (Å²) in [6.07, 6.45) is 6.73. The third-order valence-electron chi connectivity index (χ3n) is 3.14. The Morgan fingerprint density at radius 3 is 1.45 bits per heavy atom. The van der Waals surface area contributed by atoms with Crippen molar-refractivity contribution in [1.29, 1.82) is 0 Å². The molecular weight excluding hydrogens is 316 g/mol. The maximum Gasteiger partial charge on any atom is 0.156 e. The van der Waals surface area contributed by atoms with Gasteiger partial charge in [0, 0.05) is 24.8 Å². The summed E-state index contributed by atoms with van der Waals surface area (Å²) in [5.74, 6) is 0. The van der Waals surface area contributed by atoms with E-state index in [1.807, 2.05) is 13.8 Å². The van der Waals surface area contributed by atoms with Crippen LogP contribution in [0.4, 0.5) is 0 Å². The topological polar surface area (TPSA) is 77.3 Å². The summed E-state index contributed by atoms with van der Waals surface area (Å²) in [6.45, 7) is 3.86. The van der Waals surface area contributed by atoms with Crippen molar-refractivity contribution in [3.05, 3.63) is 36.2 Å². The molecule has 22 heavy (non-hydrogen) atoms. The summed E-state index contributed by atoms with van der Waals surface area (Å²) >= 11 is 3.05. The molecule has 108 valence electrons. The largest absolute Gasteiger partial charge is 0.258 e. The minimum Gasteiger partial charge on any atom is -0.258 e. The number of thiazole rings is 2. The molecule has 0 fully saturated rings. The number of aryl methyl sites for hydroxylation is 2. The van der Waals surface area contributed by atoms with E-state index in [0.29, 0.717) is 0 Å². The average Bonchev–Trinajstić information content (AvgIpc) is 3.06. The van der Waals surface area contributed by atoms with Crippen LogP contribution in [0.1, 0.15) is 11.4 Å². The van der Waals surface area contributed by atoms with Crippen LogP contribution < -0.4 is 0 Å². The zero-order chi connectivity index (χ0) is 15.1. The van der Waals surface area contributed by atoms with E-state index >= 15 is 0 Å². The van der Waals surface area contributed by atoms with Crippen LogP contribution in [0.5, 0.6) is 0 Å². The highest BCUT2D eigenvalue weighted by Crippen LogP contribution is 2.36. The van der Waals surface area contributed by atoms with Crippen molar-refractivity contribution in [2.24, 2.45) is 0 Å². The lowest BCUT2D eigenvalue weighted by Crippen LogP contribution is -1.90. The van der Waals surface area contributed by atoms with Gasteiger partial charge in [-0.15, -0.1) is 0 Å². The third-order valence-corrected chi connectivity index (χ3v) is 5.18. The molecule has 0 saturated carbocycles. The van der Waals surface area contributed by atoms with Gasteiger partial charge in [-0.05, 0) is 13.8 Å². The van der Waals surface area contributed by atoms with Crippen LogP contribution in [0.2, 0.25) is 0 Å². The fourth-order valence-corrected chi connectivity index (χ4v) is 4.22. The van der Waals surface area contributed by atoms with Gasteiger partial charge in [0.1, 0.15) is 21.4 Å². The Bertz CT molecular complexity index is 868. The van der Waals surface area contributed by atoms with Crippen molar-refractivity contribution < 1.29 is 0 Å². The molecule has 0 bridgehead atoms. The lowest BCUT2D eigenvalue weighted by atomic mass is 10.3. The van der Waals surface area contributed by atoms with E-state index in [-0.39, 0.29) is 0 Å². The van der Waals surface area contributed by atoms with Crippen LogP contribution in [0.3, 0.4) is 0 Å². The van der Waals surface area contributed by atoms with Crippen LogP contribution >= 0.6 is 22.7 Å². The van der Waals surface area contributed by atoms with Crippen LogP contribution in [0.15, 0.2) is 24.8 Å². The Labute approximate surface area is 134 Å². The Morgan fingerprint density at radius 2 is 1.05 bits per heavy atom. The van der Waals surface area contributed by atoms with Crippen molar-refractivity contribution in [2.45, 2.75) is 13.8 Å². The normalized spacial score (nSPS) is 11.2. The van der Waals surface area contributed by atoms with Gasteiger partial charge in [-0.25, -0.2) is 9.97 Å². The molecule has 0 aliphatic rings. The first-order valence-corrected chi connectivity index (χ1v) is 8.19. The van der Waals surface area contributed by atoms with Gasteiger partial charge < -0.3 is 0 Å². The predicted molar refractivity (Wildman–Crippen MR) is 86.8 cm³/mol.